The summed E-state index contributed by atoms with van der Waals surface area (Å²) in [6, 6.07) is 6.79. The fraction of sp³-hybridized carbons (Fsp3) is 0.214. The summed E-state index contributed by atoms with van der Waals surface area (Å²) in [6.07, 6.45) is 2.09. The van der Waals surface area contributed by atoms with E-state index >= 15 is 0 Å². The van der Waals surface area contributed by atoms with Crippen molar-refractivity contribution in [1.29, 1.82) is 0 Å². The number of ether oxygens (including phenoxy) is 1. The Bertz CT molecular complexity index is 619. The van der Waals surface area contributed by atoms with Crippen LogP contribution in [0.15, 0.2) is 36.7 Å². The van der Waals surface area contributed by atoms with E-state index < -0.39 is 12.4 Å². The molecule has 0 saturated carbocycles. The molecule has 106 valence electrons. The molecule has 2 rings (SSSR count). The molecule has 0 amide bonds. The first-order valence-corrected chi connectivity index (χ1v) is 6.20. The summed E-state index contributed by atoms with van der Waals surface area (Å²) >= 11 is 0. The molecule has 1 aromatic carbocycles. The molecule has 0 N–H and O–H groups in total. The van der Waals surface area contributed by atoms with Gasteiger partial charge < -0.3 is 17.7 Å². The second-order valence-corrected chi connectivity index (χ2v) is 4.74. The van der Waals surface area contributed by atoms with Gasteiger partial charge in [0.2, 0.25) is 0 Å². The molecule has 0 atom stereocenters. The number of pyridine rings is 1. The van der Waals surface area contributed by atoms with Crippen LogP contribution >= 0.6 is 0 Å². The second kappa shape index (κ2) is 7.78. The van der Waals surface area contributed by atoms with Gasteiger partial charge in [-0.05, 0) is 36.6 Å². The fourth-order valence-corrected chi connectivity index (χ4v) is 1.75. The maximum absolute atomic E-state index is 12.6. The normalized spacial score (nSPS) is 10.9. The third-order valence-corrected chi connectivity index (χ3v) is 3.09. The van der Waals surface area contributed by atoms with E-state index in [4.69, 9.17) is 4.74 Å². The monoisotopic (exact) mass is 319 g/mol. The van der Waals surface area contributed by atoms with Crippen molar-refractivity contribution < 1.29 is 69.1 Å². The van der Waals surface area contributed by atoms with E-state index in [2.05, 4.69) is 4.98 Å². The van der Waals surface area contributed by atoms with Crippen LogP contribution < -0.4 is 61.6 Å². The third kappa shape index (κ3) is 5.41. The Kier molecular flexibility index (Phi) is 6.93. The zero-order valence-electron chi connectivity index (χ0n) is 12.2. The molecular formula is C14H14BF3KNO. The Morgan fingerprint density at radius 1 is 1.05 bits per heavy atom. The molecule has 0 fully saturated rings. The van der Waals surface area contributed by atoms with Gasteiger partial charge in [-0.3, -0.25) is 4.98 Å². The molecule has 1 aromatic heterocycles. The van der Waals surface area contributed by atoms with Crippen molar-refractivity contribution in [2.45, 2.75) is 20.5 Å². The fourth-order valence-electron chi connectivity index (χ4n) is 1.75. The van der Waals surface area contributed by atoms with E-state index in [1.165, 1.54) is 6.20 Å². The summed E-state index contributed by atoms with van der Waals surface area (Å²) in [5.74, 6) is 0.125. The Morgan fingerprint density at radius 3 is 2.38 bits per heavy atom. The minimum atomic E-state index is -5.05. The Morgan fingerprint density at radius 2 is 1.76 bits per heavy atom. The standard InChI is InChI=1S/C14H14BF3NO.K/c1-10-3-4-12(5-11(10)2)9-20-14-6-13(7-19-8-14)15(16,17)18;/h3-8H,9H2,1-2H3;/q-1;+1. The Hall–Kier alpha value is -0.339. The number of hydrogen-bond acceptors (Lipinski definition) is 2. The number of rotatable bonds is 4. The van der Waals surface area contributed by atoms with Crippen LogP contribution in [-0.2, 0) is 6.61 Å². The smallest absolute Gasteiger partial charge is 0.487 e. The van der Waals surface area contributed by atoms with Gasteiger partial charge in [0.1, 0.15) is 12.4 Å². The van der Waals surface area contributed by atoms with E-state index in [9.17, 15) is 12.9 Å². The molecule has 0 spiro atoms. The number of halogens is 3. The van der Waals surface area contributed by atoms with Crippen molar-refractivity contribution in [3.8, 4) is 5.75 Å². The van der Waals surface area contributed by atoms with Crippen molar-refractivity contribution in [2.24, 2.45) is 0 Å². The SMILES string of the molecule is Cc1ccc(COc2cncc([B-](F)(F)F)c2)cc1C.[K+]. The van der Waals surface area contributed by atoms with E-state index in [0.717, 1.165) is 29.0 Å². The summed E-state index contributed by atoms with van der Waals surface area (Å²) in [5, 5.41) is 0. The maximum atomic E-state index is 12.6. The van der Waals surface area contributed by atoms with E-state index in [0.29, 0.717) is 0 Å². The molecule has 2 aromatic rings. The molecule has 1 heterocycles. The zero-order chi connectivity index (χ0) is 14.8. The molecular weight excluding hydrogens is 305 g/mol. The first kappa shape index (κ1) is 18.7. The van der Waals surface area contributed by atoms with E-state index in [-0.39, 0.29) is 63.7 Å². The molecule has 0 aliphatic rings. The largest absolute Gasteiger partial charge is 1.00 e. The van der Waals surface area contributed by atoms with Gasteiger partial charge >= 0.3 is 58.4 Å². The molecule has 0 radical (unpaired) electrons. The Balaban J connectivity index is 0.00000220. The molecule has 0 unspecified atom stereocenters. The summed E-state index contributed by atoms with van der Waals surface area (Å²) < 4.78 is 43.2. The van der Waals surface area contributed by atoms with E-state index in [1.807, 2.05) is 32.0 Å². The molecule has 21 heavy (non-hydrogen) atoms. The summed E-state index contributed by atoms with van der Waals surface area (Å²) in [5.41, 5.74) is 2.45. The second-order valence-electron chi connectivity index (χ2n) is 4.74. The van der Waals surface area contributed by atoms with Crippen LogP contribution in [0, 0.1) is 13.8 Å². The average Bonchev–Trinajstić information content (AvgIpc) is 2.39. The van der Waals surface area contributed by atoms with Crippen LogP contribution in [0.4, 0.5) is 12.9 Å². The Labute approximate surface area is 164 Å². The van der Waals surface area contributed by atoms with Crippen LogP contribution in [0.1, 0.15) is 16.7 Å². The summed E-state index contributed by atoms with van der Waals surface area (Å²) in [4.78, 5) is 3.57. The number of nitrogens with zero attached hydrogens (tertiary/aromatic N) is 1. The van der Waals surface area contributed by atoms with Crippen molar-refractivity contribution in [3.05, 3.63) is 53.3 Å². The van der Waals surface area contributed by atoms with Crippen LogP contribution in [0.3, 0.4) is 0 Å². The van der Waals surface area contributed by atoms with Crippen molar-refractivity contribution >= 4 is 12.4 Å². The minimum Gasteiger partial charge on any atom is -0.487 e. The van der Waals surface area contributed by atoms with E-state index in [1.54, 1.807) is 0 Å². The van der Waals surface area contributed by atoms with Gasteiger partial charge in [0.05, 0.1) is 6.20 Å². The molecule has 0 saturated heterocycles. The molecule has 7 heteroatoms. The number of hydrogen-bond donors (Lipinski definition) is 0. The van der Waals surface area contributed by atoms with Crippen LogP contribution in [0.25, 0.3) is 0 Å². The van der Waals surface area contributed by atoms with Gasteiger partial charge in [0.15, 0.2) is 0 Å². The number of benzene rings is 1. The van der Waals surface area contributed by atoms with Crippen molar-refractivity contribution in [3.63, 3.8) is 0 Å². The molecule has 0 aliphatic carbocycles. The predicted molar refractivity (Wildman–Crippen MR) is 73.2 cm³/mol. The quantitative estimate of drug-likeness (QED) is 0.758. The average molecular weight is 319 g/mol. The molecule has 2 nitrogen and oxygen atoms in total. The third-order valence-electron chi connectivity index (χ3n) is 3.09. The van der Waals surface area contributed by atoms with Gasteiger partial charge in [-0.15, -0.1) is 0 Å². The van der Waals surface area contributed by atoms with Gasteiger partial charge in [0.25, 0.3) is 0 Å². The van der Waals surface area contributed by atoms with Crippen molar-refractivity contribution in [1.82, 2.24) is 4.98 Å². The number of aryl methyl sites for hydroxylation is 2. The summed E-state index contributed by atoms with van der Waals surface area (Å²) in [6.45, 7) is -0.852. The van der Waals surface area contributed by atoms with Crippen molar-refractivity contribution in [2.75, 3.05) is 0 Å². The molecule has 0 bridgehead atoms. The molecule has 0 aliphatic heterocycles. The topological polar surface area (TPSA) is 22.1 Å². The van der Waals surface area contributed by atoms with Crippen LogP contribution in [0.5, 0.6) is 5.75 Å². The zero-order valence-corrected chi connectivity index (χ0v) is 15.4. The minimum absolute atomic E-state index is 0. The van der Waals surface area contributed by atoms with Gasteiger partial charge in [-0.25, -0.2) is 0 Å². The van der Waals surface area contributed by atoms with Crippen LogP contribution in [0.2, 0.25) is 0 Å². The maximum Gasteiger partial charge on any atom is 1.00 e. The van der Waals surface area contributed by atoms with Crippen LogP contribution in [-0.4, -0.2) is 12.0 Å². The van der Waals surface area contributed by atoms with Gasteiger partial charge in [-0.2, -0.15) is 0 Å². The van der Waals surface area contributed by atoms with Gasteiger partial charge in [0, 0.05) is 6.20 Å². The summed E-state index contributed by atoms with van der Waals surface area (Å²) in [7, 11) is 0. The number of aromatic nitrogens is 1. The first-order valence-electron chi connectivity index (χ1n) is 6.20. The van der Waals surface area contributed by atoms with Gasteiger partial charge in [-0.1, -0.05) is 23.7 Å². The predicted octanol–water partition coefficient (Wildman–Crippen LogP) is 0.336. The first-order chi connectivity index (χ1) is 9.36.